The van der Waals surface area contributed by atoms with E-state index >= 15 is 0 Å². The van der Waals surface area contributed by atoms with Crippen molar-refractivity contribution in [1.29, 1.82) is 0 Å². The van der Waals surface area contributed by atoms with Crippen molar-refractivity contribution in [2.45, 2.75) is 20.4 Å². The highest BCUT2D eigenvalue weighted by Gasteiger charge is 2.09. The van der Waals surface area contributed by atoms with Crippen LogP contribution in [0.25, 0.3) is 0 Å². The summed E-state index contributed by atoms with van der Waals surface area (Å²) in [5, 5.41) is 0. The van der Waals surface area contributed by atoms with Crippen LogP contribution in [0.4, 0.5) is 11.4 Å². The van der Waals surface area contributed by atoms with Gasteiger partial charge in [-0.1, -0.05) is 12.1 Å². The molecule has 18 heavy (non-hydrogen) atoms. The van der Waals surface area contributed by atoms with Gasteiger partial charge in [-0.05, 0) is 43.7 Å². The first kappa shape index (κ1) is 12.4. The van der Waals surface area contributed by atoms with Gasteiger partial charge in [-0.3, -0.25) is 4.98 Å². The molecule has 0 spiro atoms. The van der Waals surface area contributed by atoms with Crippen LogP contribution in [0, 0.1) is 6.92 Å². The van der Waals surface area contributed by atoms with E-state index in [0.29, 0.717) is 0 Å². The van der Waals surface area contributed by atoms with Crippen LogP contribution >= 0.6 is 0 Å². The first-order chi connectivity index (χ1) is 8.72. The lowest BCUT2D eigenvalue weighted by Gasteiger charge is -2.25. The molecule has 0 fully saturated rings. The Kier molecular flexibility index (Phi) is 3.82. The lowest BCUT2D eigenvalue weighted by atomic mass is 10.1. The van der Waals surface area contributed by atoms with Crippen molar-refractivity contribution in [3.05, 3.63) is 53.9 Å². The summed E-state index contributed by atoms with van der Waals surface area (Å²) in [5.41, 5.74) is 10.2. The van der Waals surface area contributed by atoms with Crippen LogP contribution in [0.5, 0.6) is 0 Å². The predicted octanol–water partition coefficient (Wildman–Crippen LogP) is 3.00. The van der Waals surface area contributed by atoms with Gasteiger partial charge in [-0.2, -0.15) is 0 Å². The molecule has 1 aromatic carbocycles. The van der Waals surface area contributed by atoms with Crippen molar-refractivity contribution < 1.29 is 0 Å². The SMILES string of the molecule is CCN(Cc1ccccn1)c1cccc(N)c1C. The van der Waals surface area contributed by atoms with Crippen LogP contribution < -0.4 is 10.6 Å². The fourth-order valence-corrected chi connectivity index (χ4v) is 2.04. The van der Waals surface area contributed by atoms with Crippen LogP contribution in [0.2, 0.25) is 0 Å². The zero-order valence-electron chi connectivity index (χ0n) is 10.9. The second-order valence-corrected chi connectivity index (χ2v) is 4.33. The van der Waals surface area contributed by atoms with E-state index < -0.39 is 0 Å². The number of pyridine rings is 1. The van der Waals surface area contributed by atoms with Crippen molar-refractivity contribution in [3.8, 4) is 0 Å². The zero-order valence-corrected chi connectivity index (χ0v) is 10.9. The molecule has 0 aliphatic heterocycles. The van der Waals surface area contributed by atoms with E-state index in [1.807, 2.05) is 36.5 Å². The summed E-state index contributed by atoms with van der Waals surface area (Å²) < 4.78 is 0. The molecule has 0 saturated carbocycles. The van der Waals surface area contributed by atoms with E-state index in [1.54, 1.807) is 0 Å². The van der Waals surface area contributed by atoms with E-state index in [9.17, 15) is 0 Å². The number of aromatic nitrogens is 1. The number of hydrogen-bond donors (Lipinski definition) is 1. The number of hydrogen-bond acceptors (Lipinski definition) is 3. The normalized spacial score (nSPS) is 10.3. The monoisotopic (exact) mass is 241 g/mol. The highest BCUT2D eigenvalue weighted by atomic mass is 15.1. The van der Waals surface area contributed by atoms with E-state index in [-0.39, 0.29) is 0 Å². The van der Waals surface area contributed by atoms with E-state index in [4.69, 9.17) is 5.73 Å². The Morgan fingerprint density at radius 3 is 2.67 bits per heavy atom. The molecule has 0 aliphatic carbocycles. The summed E-state index contributed by atoms with van der Waals surface area (Å²) in [7, 11) is 0. The lowest BCUT2D eigenvalue weighted by molar-refractivity contribution is 0.807. The van der Waals surface area contributed by atoms with Gasteiger partial charge in [0.25, 0.3) is 0 Å². The highest BCUT2D eigenvalue weighted by molar-refractivity contribution is 5.64. The minimum atomic E-state index is 0.807. The summed E-state index contributed by atoms with van der Waals surface area (Å²) in [6, 6.07) is 12.0. The fourth-order valence-electron chi connectivity index (χ4n) is 2.04. The third-order valence-corrected chi connectivity index (χ3v) is 3.15. The van der Waals surface area contributed by atoms with E-state index in [1.165, 1.54) is 5.69 Å². The van der Waals surface area contributed by atoms with Crippen molar-refractivity contribution in [1.82, 2.24) is 4.98 Å². The lowest BCUT2D eigenvalue weighted by Crippen LogP contribution is -2.23. The Balaban J connectivity index is 2.26. The summed E-state index contributed by atoms with van der Waals surface area (Å²) in [5.74, 6) is 0. The highest BCUT2D eigenvalue weighted by Crippen LogP contribution is 2.25. The molecule has 1 aromatic heterocycles. The van der Waals surface area contributed by atoms with Crippen LogP contribution in [-0.4, -0.2) is 11.5 Å². The van der Waals surface area contributed by atoms with Crippen LogP contribution in [0.1, 0.15) is 18.2 Å². The van der Waals surface area contributed by atoms with Gasteiger partial charge in [0.2, 0.25) is 0 Å². The Hall–Kier alpha value is -2.03. The fraction of sp³-hybridized carbons (Fsp3) is 0.267. The Morgan fingerprint density at radius 1 is 1.17 bits per heavy atom. The molecule has 0 unspecified atom stereocenters. The van der Waals surface area contributed by atoms with E-state index in [2.05, 4.69) is 29.8 Å². The molecular weight excluding hydrogens is 222 g/mol. The predicted molar refractivity (Wildman–Crippen MR) is 76.6 cm³/mol. The second-order valence-electron chi connectivity index (χ2n) is 4.33. The Morgan fingerprint density at radius 2 is 2.00 bits per heavy atom. The van der Waals surface area contributed by atoms with Crippen molar-refractivity contribution in [3.63, 3.8) is 0 Å². The van der Waals surface area contributed by atoms with Crippen molar-refractivity contribution in [2.24, 2.45) is 0 Å². The number of benzene rings is 1. The summed E-state index contributed by atoms with van der Waals surface area (Å²) in [6.45, 7) is 5.94. The molecule has 0 bridgehead atoms. The maximum atomic E-state index is 5.96. The molecule has 2 rings (SSSR count). The molecule has 0 amide bonds. The minimum Gasteiger partial charge on any atom is -0.398 e. The molecule has 0 radical (unpaired) electrons. The van der Waals surface area contributed by atoms with Gasteiger partial charge in [0.15, 0.2) is 0 Å². The molecule has 3 heteroatoms. The molecule has 3 nitrogen and oxygen atoms in total. The Bertz CT molecular complexity index is 508. The number of nitrogens with two attached hydrogens (primary N) is 1. The second kappa shape index (κ2) is 5.54. The van der Waals surface area contributed by atoms with Gasteiger partial charge in [-0.15, -0.1) is 0 Å². The van der Waals surface area contributed by atoms with E-state index in [0.717, 1.165) is 30.0 Å². The number of rotatable bonds is 4. The summed E-state index contributed by atoms with van der Waals surface area (Å²) in [6.07, 6.45) is 1.83. The molecule has 1 heterocycles. The largest absolute Gasteiger partial charge is 0.398 e. The zero-order chi connectivity index (χ0) is 13.0. The Labute approximate surface area is 108 Å². The van der Waals surface area contributed by atoms with Gasteiger partial charge in [0, 0.05) is 24.1 Å². The maximum absolute atomic E-state index is 5.96. The van der Waals surface area contributed by atoms with Crippen molar-refractivity contribution >= 4 is 11.4 Å². The third kappa shape index (κ3) is 2.62. The first-order valence-electron chi connectivity index (χ1n) is 6.22. The van der Waals surface area contributed by atoms with Crippen molar-refractivity contribution in [2.75, 3.05) is 17.2 Å². The maximum Gasteiger partial charge on any atom is 0.0602 e. The smallest absolute Gasteiger partial charge is 0.0602 e. The quantitative estimate of drug-likeness (QED) is 0.837. The molecular formula is C15H19N3. The van der Waals surface area contributed by atoms with Gasteiger partial charge in [0.05, 0.1) is 12.2 Å². The molecule has 94 valence electrons. The number of nitrogens with zero attached hydrogens (tertiary/aromatic N) is 2. The molecule has 0 saturated heterocycles. The number of nitrogen functional groups attached to an aromatic ring is 1. The number of anilines is 2. The molecule has 2 aromatic rings. The molecule has 0 atom stereocenters. The third-order valence-electron chi connectivity index (χ3n) is 3.15. The average Bonchev–Trinajstić information content (AvgIpc) is 2.41. The van der Waals surface area contributed by atoms with Crippen LogP contribution in [0.15, 0.2) is 42.6 Å². The minimum absolute atomic E-state index is 0.807. The van der Waals surface area contributed by atoms with Gasteiger partial charge in [0.1, 0.15) is 0 Å². The topological polar surface area (TPSA) is 42.2 Å². The van der Waals surface area contributed by atoms with Crippen LogP contribution in [-0.2, 0) is 6.54 Å². The van der Waals surface area contributed by atoms with Crippen LogP contribution in [0.3, 0.4) is 0 Å². The van der Waals surface area contributed by atoms with Gasteiger partial charge in [-0.25, -0.2) is 0 Å². The average molecular weight is 241 g/mol. The molecule has 0 aliphatic rings. The molecule has 2 N–H and O–H groups in total. The first-order valence-corrected chi connectivity index (χ1v) is 6.22. The van der Waals surface area contributed by atoms with Gasteiger partial charge >= 0.3 is 0 Å². The standard InChI is InChI=1S/C15H19N3/c1-3-18(11-13-7-4-5-10-17-13)15-9-6-8-14(16)12(15)2/h4-10H,3,11,16H2,1-2H3. The van der Waals surface area contributed by atoms with Gasteiger partial charge < -0.3 is 10.6 Å². The summed E-state index contributed by atoms with van der Waals surface area (Å²) >= 11 is 0. The summed E-state index contributed by atoms with van der Waals surface area (Å²) in [4.78, 5) is 6.66.